The van der Waals surface area contributed by atoms with Crippen LogP contribution in [-0.4, -0.2) is 64.1 Å². The summed E-state index contributed by atoms with van der Waals surface area (Å²) in [6.45, 7) is 3.38. The summed E-state index contributed by atoms with van der Waals surface area (Å²) < 4.78 is 6.17. The van der Waals surface area contributed by atoms with Gasteiger partial charge in [-0.2, -0.15) is 0 Å². The lowest BCUT2D eigenvalue weighted by Crippen LogP contribution is -2.61. The summed E-state index contributed by atoms with van der Waals surface area (Å²) in [6.07, 6.45) is 8.75. The molecule has 1 spiro atoms. The second-order valence-electron chi connectivity index (χ2n) is 6.56. The maximum atomic E-state index is 12.7. The lowest BCUT2D eigenvalue weighted by molar-refractivity contribution is -0.105. The van der Waals surface area contributed by atoms with E-state index >= 15 is 0 Å². The van der Waals surface area contributed by atoms with Crippen molar-refractivity contribution in [3.63, 3.8) is 0 Å². The van der Waals surface area contributed by atoms with Crippen LogP contribution in [0.15, 0.2) is 43.0 Å². The smallest absolute Gasteiger partial charge is 0.272 e. The highest BCUT2D eigenvalue weighted by molar-refractivity contribution is 5.92. The Morgan fingerprint density at radius 3 is 2.88 bits per heavy atom. The van der Waals surface area contributed by atoms with Crippen molar-refractivity contribution < 1.29 is 9.53 Å². The van der Waals surface area contributed by atoms with E-state index in [1.54, 1.807) is 30.9 Å². The summed E-state index contributed by atoms with van der Waals surface area (Å²) in [4.78, 5) is 29.6. The molecule has 2 fully saturated rings. The molecule has 2 aromatic rings. The topological polar surface area (TPSA) is 71.5 Å². The Bertz CT molecular complexity index is 723. The predicted molar refractivity (Wildman–Crippen MR) is 92.3 cm³/mol. The minimum Gasteiger partial charge on any atom is -0.369 e. The number of carbonyl (C=O) groups is 1. The summed E-state index contributed by atoms with van der Waals surface area (Å²) in [6, 6.07) is 5.42. The van der Waals surface area contributed by atoms with Crippen LogP contribution in [0.25, 0.3) is 0 Å². The summed E-state index contributed by atoms with van der Waals surface area (Å²) in [5.74, 6) is 0.832. The number of pyridine rings is 1. The number of ether oxygens (including phenoxy) is 1. The highest BCUT2D eigenvalue weighted by Crippen LogP contribution is 2.31. The number of hydrogen-bond donors (Lipinski definition) is 0. The Morgan fingerprint density at radius 1 is 1.12 bits per heavy atom. The molecule has 2 aliphatic heterocycles. The molecule has 2 aliphatic rings. The first-order valence-corrected chi connectivity index (χ1v) is 8.61. The zero-order valence-corrected chi connectivity index (χ0v) is 14.0. The van der Waals surface area contributed by atoms with E-state index in [1.165, 1.54) is 0 Å². The van der Waals surface area contributed by atoms with Gasteiger partial charge in [0.05, 0.1) is 25.9 Å². The minimum atomic E-state index is -0.349. The van der Waals surface area contributed by atoms with Gasteiger partial charge in [-0.1, -0.05) is 6.07 Å². The third kappa shape index (κ3) is 3.32. The zero-order chi connectivity index (χ0) is 17.1. The summed E-state index contributed by atoms with van der Waals surface area (Å²) in [5.41, 5.74) is 0.138. The third-order valence-electron chi connectivity index (χ3n) is 4.83. The number of anilines is 1. The Balaban J connectivity index is 1.51. The zero-order valence-electron chi connectivity index (χ0n) is 14.0. The van der Waals surface area contributed by atoms with E-state index in [-0.39, 0.29) is 11.5 Å². The molecule has 1 amide bonds. The van der Waals surface area contributed by atoms with Gasteiger partial charge < -0.3 is 14.5 Å². The number of hydrogen-bond acceptors (Lipinski definition) is 6. The molecule has 0 unspecified atom stereocenters. The van der Waals surface area contributed by atoms with Crippen molar-refractivity contribution in [3.05, 3.63) is 48.7 Å². The van der Waals surface area contributed by atoms with Gasteiger partial charge >= 0.3 is 0 Å². The van der Waals surface area contributed by atoms with Crippen molar-refractivity contribution >= 4 is 11.7 Å². The van der Waals surface area contributed by atoms with E-state index in [4.69, 9.17) is 4.74 Å². The molecule has 0 aliphatic carbocycles. The van der Waals surface area contributed by atoms with Crippen molar-refractivity contribution in [2.45, 2.75) is 18.4 Å². The largest absolute Gasteiger partial charge is 0.369 e. The predicted octanol–water partition coefficient (Wildman–Crippen LogP) is 1.38. The molecule has 7 heteroatoms. The molecule has 7 nitrogen and oxygen atoms in total. The van der Waals surface area contributed by atoms with E-state index in [2.05, 4.69) is 19.9 Å². The van der Waals surface area contributed by atoms with Crippen LogP contribution < -0.4 is 4.90 Å². The minimum absolute atomic E-state index is 0.0279. The van der Waals surface area contributed by atoms with Crippen LogP contribution in [0.4, 0.5) is 5.82 Å². The van der Waals surface area contributed by atoms with Crippen LogP contribution >= 0.6 is 0 Å². The number of amides is 1. The second-order valence-corrected chi connectivity index (χ2v) is 6.56. The van der Waals surface area contributed by atoms with E-state index in [1.807, 2.05) is 17.0 Å². The van der Waals surface area contributed by atoms with Crippen molar-refractivity contribution in [3.8, 4) is 0 Å². The molecule has 0 N–H and O–H groups in total. The fraction of sp³-hybridized carbons (Fsp3) is 0.444. The Kier molecular flexibility index (Phi) is 4.31. The number of aromatic nitrogens is 3. The number of morpholine rings is 1. The fourth-order valence-electron chi connectivity index (χ4n) is 3.66. The summed E-state index contributed by atoms with van der Waals surface area (Å²) in [7, 11) is 0. The lowest BCUT2D eigenvalue weighted by Gasteiger charge is -2.48. The van der Waals surface area contributed by atoms with Crippen molar-refractivity contribution in [2.24, 2.45) is 0 Å². The molecule has 0 aromatic carbocycles. The molecule has 0 radical (unpaired) electrons. The third-order valence-corrected chi connectivity index (χ3v) is 4.83. The van der Waals surface area contributed by atoms with Crippen molar-refractivity contribution in [1.82, 2.24) is 19.9 Å². The van der Waals surface area contributed by atoms with Crippen LogP contribution in [-0.2, 0) is 4.74 Å². The van der Waals surface area contributed by atoms with Crippen molar-refractivity contribution in [1.29, 1.82) is 0 Å². The molecule has 0 bridgehead atoms. The standard InChI is InChI=1S/C18H21N5O2/c24-17(15-4-1-2-6-20-15)23-10-11-25-18(14-23)5-3-9-22(13-18)16-12-19-7-8-21-16/h1-2,4,6-8,12H,3,5,9-11,13-14H2/t18-/m0/s1. The van der Waals surface area contributed by atoms with Crippen LogP contribution in [0.1, 0.15) is 23.3 Å². The average Bonchev–Trinajstić information content (AvgIpc) is 2.69. The van der Waals surface area contributed by atoms with Crippen LogP contribution in [0, 0.1) is 0 Å². The molecule has 2 aromatic heterocycles. The van der Waals surface area contributed by atoms with E-state index in [0.717, 1.165) is 31.7 Å². The molecule has 1 atom stereocenters. The van der Waals surface area contributed by atoms with Gasteiger partial charge in [0.15, 0.2) is 0 Å². The van der Waals surface area contributed by atoms with Gasteiger partial charge in [0, 0.05) is 31.7 Å². The van der Waals surface area contributed by atoms with Gasteiger partial charge in [-0.15, -0.1) is 0 Å². The van der Waals surface area contributed by atoms with Gasteiger partial charge in [-0.25, -0.2) is 4.98 Å². The van der Waals surface area contributed by atoms with Crippen LogP contribution in [0.5, 0.6) is 0 Å². The maximum Gasteiger partial charge on any atom is 0.272 e. The second kappa shape index (κ2) is 6.76. The number of rotatable bonds is 2. The van der Waals surface area contributed by atoms with E-state index < -0.39 is 0 Å². The Hall–Kier alpha value is -2.54. The Morgan fingerprint density at radius 2 is 2.08 bits per heavy atom. The van der Waals surface area contributed by atoms with E-state index in [0.29, 0.717) is 25.4 Å². The van der Waals surface area contributed by atoms with Crippen molar-refractivity contribution in [2.75, 3.05) is 37.7 Å². The first kappa shape index (κ1) is 16.0. The van der Waals surface area contributed by atoms with Crippen LogP contribution in [0.2, 0.25) is 0 Å². The summed E-state index contributed by atoms with van der Waals surface area (Å²) >= 11 is 0. The quantitative estimate of drug-likeness (QED) is 0.823. The molecule has 4 rings (SSSR count). The number of nitrogens with zero attached hydrogens (tertiary/aromatic N) is 5. The van der Waals surface area contributed by atoms with Gasteiger partial charge in [0.25, 0.3) is 5.91 Å². The fourth-order valence-corrected chi connectivity index (χ4v) is 3.66. The molecule has 2 saturated heterocycles. The molecule has 130 valence electrons. The molecule has 0 saturated carbocycles. The Labute approximate surface area is 146 Å². The lowest BCUT2D eigenvalue weighted by atomic mass is 9.90. The SMILES string of the molecule is O=C(c1ccccn1)N1CCO[C@]2(CCCN(c3cnccn3)C2)C1. The van der Waals surface area contributed by atoms with Gasteiger partial charge in [0.2, 0.25) is 0 Å². The monoisotopic (exact) mass is 339 g/mol. The van der Waals surface area contributed by atoms with Crippen LogP contribution in [0.3, 0.4) is 0 Å². The number of carbonyl (C=O) groups excluding carboxylic acids is 1. The first-order chi connectivity index (χ1) is 12.3. The molecular weight excluding hydrogens is 318 g/mol. The summed E-state index contributed by atoms with van der Waals surface area (Å²) in [5, 5.41) is 0. The highest BCUT2D eigenvalue weighted by Gasteiger charge is 2.42. The average molecular weight is 339 g/mol. The molecular formula is C18H21N5O2. The number of piperidine rings is 1. The first-order valence-electron chi connectivity index (χ1n) is 8.61. The van der Waals surface area contributed by atoms with Gasteiger partial charge in [-0.05, 0) is 25.0 Å². The van der Waals surface area contributed by atoms with E-state index in [9.17, 15) is 4.79 Å². The van der Waals surface area contributed by atoms with Gasteiger partial charge in [0.1, 0.15) is 17.1 Å². The van der Waals surface area contributed by atoms with Gasteiger partial charge in [-0.3, -0.25) is 14.8 Å². The normalized spacial score (nSPS) is 23.7. The molecule has 25 heavy (non-hydrogen) atoms. The molecule has 4 heterocycles. The maximum absolute atomic E-state index is 12.7. The highest BCUT2D eigenvalue weighted by atomic mass is 16.5.